The number of thiazole rings is 1. The number of nitrogens with zero attached hydrogens (tertiary/aromatic N) is 2. The minimum atomic E-state index is -0.724. The van der Waals surface area contributed by atoms with E-state index >= 15 is 0 Å². The quantitative estimate of drug-likeness (QED) is 0.471. The number of carbonyl (C=O) groups is 1. The van der Waals surface area contributed by atoms with Gasteiger partial charge in [0.15, 0.2) is 4.80 Å². The summed E-state index contributed by atoms with van der Waals surface area (Å²) in [5.41, 5.74) is 2.18. The molecule has 2 aromatic carbocycles. The van der Waals surface area contributed by atoms with E-state index in [2.05, 4.69) is 4.99 Å². The van der Waals surface area contributed by atoms with Crippen molar-refractivity contribution in [2.24, 2.45) is 4.99 Å². The second-order valence-corrected chi connectivity index (χ2v) is 9.29. The van der Waals surface area contributed by atoms with Gasteiger partial charge in [-0.2, -0.15) is 0 Å². The Hall–Kier alpha value is -3.65. The number of allylic oxidation sites excluding steroid dienone is 1. The molecule has 7 nitrogen and oxygen atoms in total. The maximum absolute atomic E-state index is 13.7. The molecule has 1 aromatic heterocycles. The molecule has 4 rings (SSSR count). The average Bonchev–Trinajstić information content (AvgIpc) is 3.13. The Labute approximate surface area is 207 Å². The maximum atomic E-state index is 13.7. The molecule has 0 aliphatic carbocycles. The Bertz CT molecular complexity index is 1450. The van der Waals surface area contributed by atoms with Crippen molar-refractivity contribution in [1.29, 1.82) is 0 Å². The van der Waals surface area contributed by atoms with E-state index in [4.69, 9.17) is 14.2 Å². The Morgan fingerprint density at radius 2 is 1.89 bits per heavy atom. The van der Waals surface area contributed by atoms with Gasteiger partial charge in [-0.15, -0.1) is 0 Å². The molecule has 0 bridgehead atoms. The van der Waals surface area contributed by atoms with E-state index in [0.29, 0.717) is 31.9 Å². The summed E-state index contributed by atoms with van der Waals surface area (Å²) in [6, 6.07) is 14.2. The second kappa shape index (κ2) is 10.3. The van der Waals surface area contributed by atoms with E-state index in [1.54, 1.807) is 25.5 Å². The number of hydrogen-bond donors (Lipinski definition) is 0. The van der Waals surface area contributed by atoms with Crippen molar-refractivity contribution >= 4 is 23.4 Å². The van der Waals surface area contributed by atoms with E-state index in [0.717, 1.165) is 11.3 Å². The number of benzene rings is 2. The van der Waals surface area contributed by atoms with Crippen LogP contribution in [0.25, 0.3) is 6.08 Å². The molecule has 1 aliphatic heterocycles. The molecular weight excluding hydrogens is 464 g/mol. The van der Waals surface area contributed by atoms with Gasteiger partial charge in [-0.3, -0.25) is 9.36 Å². The van der Waals surface area contributed by atoms with Crippen molar-refractivity contribution in [1.82, 2.24) is 4.57 Å². The van der Waals surface area contributed by atoms with Crippen molar-refractivity contribution in [2.75, 3.05) is 13.7 Å². The molecular formula is C27H28N2O5S. The highest BCUT2D eigenvalue weighted by Gasteiger charge is 2.35. The Balaban J connectivity index is 1.95. The SMILES string of the molecule is CCOC(=O)C1=C(C)N=c2s/c(=C/c3ccc(OC)cc3)c(=O)n2[C@H]1c1ccccc1OC(C)C. The van der Waals surface area contributed by atoms with Crippen molar-refractivity contribution in [2.45, 2.75) is 39.8 Å². The van der Waals surface area contributed by atoms with Gasteiger partial charge in [-0.25, -0.2) is 9.79 Å². The molecule has 0 spiro atoms. The van der Waals surface area contributed by atoms with Crippen LogP contribution in [-0.4, -0.2) is 30.4 Å². The Kier molecular flexibility index (Phi) is 7.21. The number of hydrogen-bond acceptors (Lipinski definition) is 7. The third kappa shape index (κ3) is 4.93. The van der Waals surface area contributed by atoms with Crippen LogP contribution in [0.2, 0.25) is 0 Å². The first-order chi connectivity index (χ1) is 16.8. The van der Waals surface area contributed by atoms with Crippen LogP contribution in [0.3, 0.4) is 0 Å². The lowest BCUT2D eigenvalue weighted by molar-refractivity contribution is -0.139. The third-order valence-corrected chi connectivity index (χ3v) is 6.49. The molecule has 0 radical (unpaired) electrons. The van der Waals surface area contributed by atoms with E-state index < -0.39 is 12.0 Å². The maximum Gasteiger partial charge on any atom is 0.338 e. The molecule has 0 N–H and O–H groups in total. The number of methoxy groups -OCH3 is 1. The fraction of sp³-hybridized carbons (Fsp3) is 0.296. The minimum absolute atomic E-state index is 0.0850. The van der Waals surface area contributed by atoms with Crippen molar-refractivity contribution in [3.8, 4) is 11.5 Å². The predicted octanol–water partition coefficient (Wildman–Crippen LogP) is 3.59. The molecule has 3 aromatic rings. The highest BCUT2D eigenvalue weighted by molar-refractivity contribution is 7.07. The van der Waals surface area contributed by atoms with Gasteiger partial charge in [0.05, 0.1) is 35.6 Å². The van der Waals surface area contributed by atoms with Crippen LogP contribution in [0.5, 0.6) is 11.5 Å². The van der Waals surface area contributed by atoms with Gasteiger partial charge in [0, 0.05) is 5.56 Å². The van der Waals surface area contributed by atoms with E-state index in [1.807, 2.05) is 68.5 Å². The van der Waals surface area contributed by atoms with Gasteiger partial charge >= 0.3 is 5.97 Å². The van der Waals surface area contributed by atoms with Gasteiger partial charge in [-0.05, 0) is 57.5 Å². The molecule has 1 atom stereocenters. The lowest BCUT2D eigenvalue weighted by atomic mass is 9.95. The van der Waals surface area contributed by atoms with Crippen LogP contribution < -0.4 is 24.4 Å². The molecule has 0 saturated carbocycles. The summed E-state index contributed by atoms with van der Waals surface area (Å²) in [6.45, 7) is 7.61. The van der Waals surface area contributed by atoms with Crippen LogP contribution in [0.4, 0.5) is 0 Å². The monoisotopic (exact) mass is 492 g/mol. The smallest absolute Gasteiger partial charge is 0.338 e. The lowest BCUT2D eigenvalue weighted by Crippen LogP contribution is -2.40. The number of fused-ring (bicyclic) bond motifs is 1. The molecule has 0 amide bonds. The third-order valence-electron chi connectivity index (χ3n) is 5.51. The molecule has 182 valence electrons. The van der Waals surface area contributed by atoms with Crippen LogP contribution >= 0.6 is 11.3 Å². The number of para-hydroxylation sites is 1. The summed E-state index contributed by atoms with van der Waals surface area (Å²) >= 11 is 1.29. The Morgan fingerprint density at radius 1 is 1.17 bits per heavy atom. The van der Waals surface area contributed by atoms with Gasteiger partial charge in [-0.1, -0.05) is 41.7 Å². The molecule has 0 unspecified atom stereocenters. The lowest BCUT2D eigenvalue weighted by Gasteiger charge is -2.26. The highest BCUT2D eigenvalue weighted by atomic mass is 32.1. The number of ether oxygens (including phenoxy) is 3. The molecule has 2 heterocycles. The summed E-state index contributed by atoms with van der Waals surface area (Å²) in [5, 5.41) is 0. The number of esters is 1. The average molecular weight is 493 g/mol. The van der Waals surface area contributed by atoms with Gasteiger partial charge in [0.25, 0.3) is 5.56 Å². The normalized spacial score (nSPS) is 15.6. The zero-order chi connectivity index (χ0) is 25.1. The standard InChI is InChI=1S/C27H28N2O5S/c1-6-33-26(31)23-17(4)28-27-29(24(23)20-9-7-8-10-21(20)34-16(2)3)25(30)22(35-27)15-18-11-13-19(32-5)14-12-18/h7-16,24H,6H2,1-5H3/b22-15+/t24-/m0/s1. The molecule has 0 saturated heterocycles. The van der Waals surface area contributed by atoms with Gasteiger partial charge in [0.2, 0.25) is 0 Å². The summed E-state index contributed by atoms with van der Waals surface area (Å²) in [4.78, 5) is 32.0. The number of carbonyl (C=O) groups excluding carboxylic acids is 1. The van der Waals surface area contributed by atoms with E-state index in [9.17, 15) is 9.59 Å². The molecule has 0 fully saturated rings. The molecule has 35 heavy (non-hydrogen) atoms. The van der Waals surface area contributed by atoms with Gasteiger partial charge in [0.1, 0.15) is 17.5 Å². The largest absolute Gasteiger partial charge is 0.497 e. The minimum Gasteiger partial charge on any atom is -0.497 e. The number of aromatic nitrogens is 1. The van der Waals surface area contributed by atoms with Crippen LogP contribution in [0.15, 0.2) is 69.6 Å². The first kappa shape index (κ1) is 24.5. The molecule has 8 heteroatoms. The molecule has 1 aliphatic rings. The van der Waals surface area contributed by atoms with Gasteiger partial charge < -0.3 is 14.2 Å². The summed E-state index contributed by atoms with van der Waals surface area (Å²) in [6.07, 6.45) is 1.73. The topological polar surface area (TPSA) is 79.1 Å². The summed E-state index contributed by atoms with van der Waals surface area (Å²) in [5.74, 6) is 0.844. The van der Waals surface area contributed by atoms with Crippen molar-refractivity contribution < 1.29 is 19.0 Å². The van der Waals surface area contributed by atoms with Crippen LogP contribution in [-0.2, 0) is 9.53 Å². The second-order valence-electron chi connectivity index (χ2n) is 8.28. The zero-order valence-electron chi connectivity index (χ0n) is 20.4. The fourth-order valence-electron chi connectivity index (χ4n) is 4.00. The summed E-state index contributed by atoms with van der Waals surface area (Å²) in [7, 11) is 1.61. The van der Waals surface area contributed by atoms with Crippen LogP contribution in [0.1, 0.15) is 44.9 Å². The zero-order valence-corrected chi connectivity index (χ0v) is 21.2. The van der Waals surface area contributed by atoms with E-state index in [1.165, 1.54) is 11.3 Å². The van der Waals surface area contributed by atoms with Crippen molar-refractivity contribution in [3.63, 3.8) is 0 Å². The number of rotatable bonds is 7. The first-order valence-electron chi connectivity index (χ1n) is 11.4. The predicted molar refractivity (Wildman–Crippen MR) is 136 cm³/mol. The van der Waals surface area contributed by atoms with E-state index in [-0.39, 0.29) is 18.3 Å². The summed E-state index contributed by atoms with van der Waals surface area (Å²) < 4.78 is 18.7. The Morgan fingerprint density at radius 3 is 2.54 bits per heavy atom. The first-order valence-corrected chi connectivity index (χ1v) is 12.2. The highest BCUT2D eigenvalue weighted by Crippen LogP contribution is 2.36. The van der Waals surface area contributed by atoms with Crippen molar-refractivity contribution in [3.05, 3.63) is 90.6 Å². The van der Waals surface area contributed by atoms with Crippen LogP contribution in [0, 0.1) is 0 Å². The fourth-order valence-corrected chi connectivity index (χ4v) is 5.05.